The summed E-state index contributed by atoms with van der Waals surface area (Å²) in [5.41, 5.74) is 5.78. The fourth-order valence-corrected chi connectivity index (χ4v) is 4.80. The van der Waals surface area contributed by atoms with E-state index in [-0.39, 0.29) is 50.6 Å². The van der Waals surface area contributed by atoms with Crippen LogP contribution in [0.4, 0.5) is 14.6 Å². The molecule has 1 atom stereocenters. The third-order valence-corrected chi connectivity index (χ3v) is 6.47. The van der Waals surface area contributed by atoms with Crippen molar-refractivity contribution in [2.45, 2.75) is 24.9 Å². The summed E-state index contributed by atoms with van der Waals surface area (Å²) in [7, 11) is 0. The molecule has 0 spiro atoms. The predicted molar refractivity (Wildman–Crippen MR) is 123 cm³/mol. The Labute approximate surface area is 202 Å². The molecule has 5 rings (SSSR count). The number of anilines is 1. The SMILES string of the molecule is Nc1ccc(-c2cnc(C3(O)CCc4cc(-c5cc(Cl)ccc5C(F)F)c[n+]([O-])c43)[nH]2)c(Cl)n1. The monoisotopic (exact) mass is 503 g/mol. The van der Waals surface area contributed by atoms with Crippen LogP contribution in [-0.4, -0.2) is 20.1 Å². The molecule has 0 aliphatic heterocycles. The molecule has 11 heteroatoms. The fraction of sp³-hybridized carbons (Fsp3) is 0.174. The number of nitrogen functional groups attached to an aromatic ring is 1. The van der Waals surface area contributed by atoms with E-state index < -0.39 is 12.0 Å². The Morgan fingerprint density at radius 1 is 1.18 bits per heavy atom. The van der Waals surface area contributed by atoms with Gasteiger partial charge in [-0.05, 0) is 48.7 Å². The molecule has 1 aliphatic rings. The molecule has 3 heterocycles. The highest BCUT2D eigenvalue weighted by Crippen LogP contribution is 2.42. The lowest BCUT2D eigenvalue weighted by Gasteiger charge is -2.20. The first-order chi connectivity index (χ1) is 16.2. The number of imidazole rings is 1. The molecule has 0 bridgehead atoms. The minimum atomic E-state index is -2.74. The molecule has 0 radical (unpaired) electrons. The molecular weight excluding hydrogens is 487 g/mol. The number of halogens is 4. The summed E-state index contributed by atoms with van der Waals surface area (Å²) >= 11 is 12.2. The molecule has 7 nitrogen and oxygen atoms in total. The lowest BCUT2D eigenvalue weighted by atomic mass is 9.97. The highest BCUT2D eigenvalue weighted by Gasteiger charge is 2.48. The van der Waals surface area contributed by atoms with Crippen LogP contribution in [0.15, 0.2) is 48.8 Å². The number of hydrogen-bond donors (Lipinski definition) is 3. The number of aryl methyl sites for hydroxylation is 1. The highest BCUT2D eigenvalue weighted by atomic mass is 35.5. The average Bonchev–Trinajstić information content (AvgIpc) is 3.40. The number of H-pyrrole nitrogens is 1. The second-order valence-corrected chi connectivity index (χ2v) is 8.84. The summed E-state index contributed by atoms with van der Waals surface area (Å²) in [5, 5.41) is 25.0. The summed E-state index contributed by atoms with van der Waals surface area (Å²) in [6.07, 6.45) is 0.416. The van der Waals surface area contributed by atoms with Crippen LogP contribution in [-0.2, 0) is 12.0 Å². The zero-order valence-corrected chi connectivity index (χ0v) is 18.9. The van der Waals surface area contributed by atoms with Crippen molar-refractivity contribution in [3.63, 3.8) is 0 Å². The van der Waals surface area contributed by atoms with Crippen molar-refractivity contribution in [2.75, 3.05) is 5.73 Å². The molecule has 1 aliphatic carbocycles. The molecular formula is C23H17Cl2F2N5O2. The first-order valence-electron chi connectivity index (χ1n) is 10.2. The second kappa shape index (κ2) is 8.19. The molecule has 34 heavy (non-hydrogen) atoms. The number of nitrogens with one attached hydrogen (secondary N) is 1. The third-order valence-electron chi connectivity index (χ3n) is 5.95. The number of aliphatic hydroxyl groups is 1. The maximum Gasteiger partial charge on any atom is 0.264 e. The number of fused-ring (bicyclic) bond motifs is 1. The van der Waals surface area contributed by atoms with Gasteiger partial charge in [-0.3, -0.25) is 0 Å². The lowest BCUT2D eigenvalue weighted by Crippen LogP contribution is -2.42. The van der Waals surface area contributed by atoms with Crippen LogP contribution in [0.1, 0.15) is 35.5 Å². The largest absolute Gasteiger partial charge is 0.618 e. The minimum Gasteiger partial charge on any atom is -0.618 e. The third kappa shape index (κ3) is 3.66. The van der Waals surface area contributed by atoms with Gasteiger partial charge in [-0.15, -0.1) is 0 Å². The fourth-order valence-electron chi connectivity index (χ4n) is 4.36. The molecule has 0 fully saturated rings. The highest BCUT2D eigenvalue weighted by molar-refractivity contribution is 6.32. The van der Waals surface area contributed by atoms with E-state index >= 15 is 0 Å². The van der Waals surface area contributed by atoms with Gasteiger partial charge in [-0.25, -0.2) is 18.7 Å². The van der Waals surface area contributed by atoms with Crippen molar-refractivity contribution in [3.05, 3.63) is 86.8 Å². The van der Waals surface area contributed by atoms with E-state index in [0.717, 1.165) is 6.20 Å². The smallest absolute Gasteiger partial charge is 0.264 e. The van der Waals surface area contributed by atoms with E-state index in [2.05, 4.69) is 15.0 Å². The minimum absolute atomic E-state index is 0.0827. The molecule has 174 valence electrons. The van der Waals surface area contributed by atoms with Gasteiger partial charge in [0, 0.05) is 27.3 Å². The van der Waals surface area contributed by atoms with Crippen LogP contribution in [0, 0.1) is 5.21 Å². The van der Waals surface area contributed by atoms with E-state index in [4.69, 9.17) is 28.9 Å². The maximum absolute atomic E-state index is 13.6. The van der Waals surface area contributed by atoms with Gasteiger partial charge in [0.25, 0.3) is 6.43 Å². The lowest BCUT2D eigenvalue weighted by molar-refractivity contribution is -0.620. The van der Waals surface area contributed by atoms with Crippen molar-refractivity contribution in [1.82, 2.24) is 15.0 Å². The molecule has 3 aromatic heterocycles. The Balaban J connectivity index is 1.57. The van der Waals surface area contributed by atoms with Gasteiger partial charge in [-0.1, -0.05) is 29.3 Å². The Bertz CT molecular complexity index is 1430. The number of rotatable bonds is 4. The van der Waals surface area contributed by atoms with E-state index in [9.17, 15) is 19.1 Å². The van der Waals surface area contributed by atoms with Gasteiger partial charge >= 0.3 is 0 Å². The van der Waals surface area contributed by atoms with Gasteiger partial charge in [-0.2, -0.15) is 4.73 Å². The molecule has 4 aromatic rings. The molecule has 0 saturated carbocycles. The van der Waals surface area contributed by atoms with Crippen molar-refractivity contribution >= 4 is 29.0 Å². The molecule has 4 N–H and O–H groups in total. The number of aromatic nitrogens is 4. The van der Waals surface area contributed by atoms with Gasteiger partial charge in [0.15, 0.2) is 6.20 Å². The quantitative estimate of drug-likeness (QED) is 0.210. The number of hydrogen-bond acceptors (Lipinski definition) is 5. The molecule has 1 unspecified atom stereocenters. The average molecular weight is 504 g/mol. The van der Waals surface area contributed by atoms with Crippen LogP contribution in [0.5, 0.6) is 0 Å². The Kier molecular flexibility index (Phi) is 5.43. The number of benzene rings is 1. The van der Waals surface area contributed by atoms with Crippen LogP contribution in [0.25, 0.3) is 22.4 Å². The van der Waals surface area contributed by atoms with Crippen LogP contribution in [0.3, 0.4) is 0 Å². The normalized spacial score (nSPS) is 17.4. The molecule has 0 amide bonds. The summed E-state index contributed by atoms with van der Waals surface area (Å²) < 4.78 is 27.6. The summed E-state index contributed by atoms with van der Waals surface area (Å²) in [4.78, 5) is 11.3. The zero-order chi connectivity index (χ0) is 24.2. The van der Waals surface area contributed by atoms with Gasteiger partial charge in [0.05, 0.1) is 11.9 Å². The Morgan fingerprint density at radius 3 is 2.71 bits per heavy atom. The van der Waals surface area contributed by atoms with E-state index in [0.29, 0.717) is 28.0 Å². The first-order valence-corrected chi connectivity index (χ1v) is 11.0. The Morgan fingerprint density at radius 2 is 1.97 bits per heavy atom. The first kappa shape index (κ1) is 22.5. The summed E-state index contributed by atoms with van der Waals surface area (Å²) in [6.45, 7) is 0. The van der Waals surface area contributed by atoms with Crippen molar-refractivity contribution in [2.24, 2.45) is 0 Å². The van der Waals surface area contributed by atoms with E-state index in [1.807, 2.05) is 0 Å². The second-order valence-electron chi connectivity index (χ2n) is 8.04. The number of nitrogens with zero attached hydrogens (tertiary/aromatic N) is 3. The van der Waals surface area contributed by atoms with E-state index in [1.54, 1.807) is 18.2 Å². The molecule has 1 aromatic carbocycles. The summed E-state index contributed by atoms with van der Waals surface area (Å²) in [6, 6.07) is 8.89. The Hall–Kier alpha value is -3.27. The van der Waals surface area contributed by atoms with Gasteiger partial charge < -0.3 is 21.0 Å². The zero-order valence-electron chi connectivity index (χ0n) is 17.4. The number of nitrogens with two attached hydrogens (primary N) is 1. The topological polar surface area (TPSA) is 115 Å². The van der Waals surface area contributed by atoms with Crippen LogP contribution < -0.4 is 10.5 Å². The molecule has 0 saturated heterocycles. The van der Waals surface area contributed by atoms with Gasteiger partial charge in [0.1, 0.15) is 16.8 Å². The predicted octanol–water partition coefficient (Wildman–Crippen LogP) is 4.78. The maximum atomic E-state index is 13.6. The van der Waals surface area contributed by atoms with Crippen LogP contribution >= 0.6 is 23.2 Å². The standard InChI is InChI=1S/C23H17Cl2F2N5O2/c24-13-1-2-14(21(26)27)16(8-13)12-7-11-5-6-23(33,19(11)32(34)10-12)22-29-9-17(30-22)15-3-4-18(28)31-20(15)25/h1-4,7-10,21,33H,5-6H2,(H2,28,31)(H,29,30). The van der Waals surface area contributed by atoms with Gasteiger partial charge in [0.2, 0.25) is 11.3 Å². The van der Waals surface area contributed by atoms with E-state index in [1.165, 1.54) is 24.4 Å². The summed E-state index contributed by atoms with van der Waals surface area (Å²) in [5.74, 6) is 0.414. The number of alkyl halides is 2. The number of pyridine rings is 2. The van der Waals surface area contributed by atoms with Crippen molar-refractivity contribution in [1.29, 1.82) is 0 Å². The van der Waals surface area contributed by atoms with Crippen molar-refractivity contribution < 1.29 is 18.6 Å². The van der Waals surface area contributed by atoms with Crippen molar-refractivity contribution in [3.8, 4) is 22.4 Å². The number of aromatic amines is 1. The van der Waals surface area contributed by atoms with Crippen LogP contribution in [0.2, 0.25) is 10.2 Å².